The molecular formula is C13H11N3O2S. The Balaban J connectivity index is 1.97. The molecule has 3 aromatic rings. The van der Waals surface area contributed by atoms with Crippen molar-refractivity contribution >= 4 is 33.1 Å². The van der Waals surface area contributed by atoms with Gasteiger partial charge in [-0.15, -0.1) is 11.3 Å². The van der Waals surface area contributed by atoms with E-state index in [0.29, 0.717) is 6.54 Å². The van der Waals surface area contributed by atoms with Crippen molar-refractivity contribution in [1.29, 1.82) is 0 Å². The first kappa shape index (κ1) is 11.7. The molecule has 6 heteroatoms. The average molecular weight is 273 g/mol. The van der Waals surface area contributed by atoms with Crippen LogP contribution in [-0.4, -0.2) is 20.9 Å². The molecule has 0 atom stereocenters. The fraction of sp³-hybridized carbons (Fsp3) is 0.0769. The van der Waals surface area contributed by atoms with Crippen LogP contribution in [-0.2, 0) is 6.54 Å². The topological polar surface area (TPSA) is 81.1 Å². The maximum absolute atomic E-state index is 10.9. The standard InChI is InChI=1S/C13H11N3O2S/c14-10-6-16(15-12(10)13(17)18)5-8-7-19-11-4-2-1-3-9(8)11/h1-4,6-7H,5,14H2,(H,17,18). The number of thiophene rings is 1. The third kappa shape index (κ3) is 2.06. The van der Waals surface area contributed by atoms with Gasteiger partial charge in [-0.25, -0.2) is 4.79 Å². The Kier molecular flexibility index (Phi) is 2.72. The van der Waals surface area contributed by atoms with Gasteiger partial charge in [0.15, 0.2) is 5.69 Å². The Morgan fingerprint density at radius 1 is 1.42 bits per heavy atom. The van der Waals surface area contributed by atoms with E-state index in [2.05, 4.69) is 16.5 Å². The van der Waals surface area contributed by atoms with Crippen molar-refractivity contribution in [2.45, 2.75) is 6.54 Å². The minimum Gasteiger partial charge on any atom is -0.476 e. The Morgan fingerprint density at radius 3 is 2.95 bits per heavy atom. The molecule has 5 nitrogen and oxygen atoms in total. The number of hydrogen-bond donors (Lipinski definition) is 2. The minimum atomic E-state index is -1.11. The van der Waals surface area contributed by atoms with E-state index in [4.69, 9.17) is 10.8 Å². The van der Waals surface area contributed by atoms with E-state index in [9.17, 15) is 4.79 Å². The fourth-order valence-electron chi connectivity index (χ4n) is 2.01. The number of aromatic nitrogens is 2. The minimum absolute atomic E-state index is 0.0977. The van der Waals surface area contributed by atoms with Crippen LogP contribution in [0.2, 0.25) is 0 Å². The van der Waals surface area contributed by atoms with E-state index in [0.717, 1.165) is 5.56 Å². The number of fused-ring (bicyclic) bond motifs is 1. The molecule has 0 spiro atoms. The number of benzene rings is 1. The van der Waals surface area contributed by atoms with E-state index in [1.165, 1.54) is 10.1 Å². The highest BCUT2D eigenvalue weighted by molar-refractivity contribution is 7.17. The monoisotopic (exact) mass is 273 g/mol. The molecule has 0 unspecified atom stereocenters. The molecule has 0 saturated heterocycles. The van der Waals surface area contributed by atoms with Gasteiger partial charge < -0.3 is 10.8 Å². The van der Waals surface area contributed by atoms with Crippen LogP contribution >= 0.6 is 11.3 Å². The third-order valence-corrected chi connectivity index (χ3v) is 3.90. The molecule has 0 fully saturated rings. The Morgan fingerprint density at radius 2 is 2.21 bits per heavy atom. The number of carbonyl (C=O) groups is 1. The van der Waals surface area contributed by atoms with Crippen LogP contribution in [0.3, 0.4) is 0 Å². The highest BCUT2D eigenvalue weighted by Crippen LogP contribution is 2.26. The Bertz CT molecular complexity index is 760. The Labute approximate surface area is 112 Å². The summed E-state index contributed by atoms with van der Waals surface area (Å²) in [4.78, 5) is 10.9. The predicted octanol–water partition coefficient (Wildman–Crippen LogP) is 2.43. The molecule has 0 aliphatic carbocycles. The summed E-state index contributed by atoms with van der Waals surface area (Å²) in [6.07, 6.45) is 1.55. The van der Waals surface area contributed by atoms with E-state index >= 15 is 0 Å². The number of nitrogens with zero attached hydrogens (tertiary/aromatic N) is 2. The lowest BCUT2D eigenvalue weighted by molar-refractivity contribution is 0.0690. The van der Waals surface area contributed by atoms with Gasteiger partial charge in [-0.3, -0.25) is 4.68 Å². The van der Waals surface area contributed by atoms with E-state index in [1.54, 1.807) is 22.2 Å². The lowest BCUT2D eigenvalue weighted by Gasteiger charge is -1.99. The number of anilines is 1. The highest BCUT2D eigenvalue weighted by Gasteiger charge is 2.14. The maximum Gasteiger partial charge on any atom is 0.358 e. The zero-order valence-corrected chi connectivity index (χ0v) is 10.7. The van der Waals surface area contributed by atoms with Gasteiger partial charge in [-0.05, 0) is 22.4 Å². The van der Waals surface area contributed by atoms with Crippen molar-refractivity contribution in [3.8, 4) is 0 Å². The molecule has 0 radical (unpaired) electrons. The van der Waals surface area contributed by atoms with Crippen molar-refractivity contribution in [2.24, 2.45) is 0 Å². The van der Waals surface area contributed by atoms with Crippen molar-refractivity contribution in [1.82, 2.24) is 9.78 Å². The summed E-state index contributed by atoms with van der Waals surface area (Å²) in [5, 5.41) is 16.1. The van der Waals surface area contributed by atoms with Crippen LogP contribution in [0.15, 0.2) is 35.8 Å². The summed E-state index contributed by atoms with van der Waals surface area (Å²) in [6, 6.07) is 8.09. The van der Waals surface area contributed by atoms with Gasteiger partial charge in [-0.1, -0.05) is 18.2 Å². The van der Waals surface area contributed by atoms with Crippen LogP contribution in [0.5, 0.6) is 0 Å². The van der Waals surface area contributed by atoms with Gasteiger partial charge in [0, 0.05) is 10.9 Å². The molecule has 3 N–H and O–H groups in total. The number of hydrogen-bond acceptors (Lipinski definition) is 4. The van der Waals surface area contributed by atoms with Gasteiger partial charge >= 0.3 is 5.97 Å². The van der Waals surface area contributed by atoms with E-state index < -0.39 is 5.97 Å². The molecule has 0 saturated carbocycles. The highest BCUT2D eigenvalue weighted by atomic mass is 32.1. The molecule has 2 heterocycles. The first-order chi connectivity index (χ1) is 9.15. The van der Waals surface area contributed by atoms with E-state index in [-0.39, 0.29) is 11.4 Å². The summed E-state index contributed by atoms with van der Waals surface area (Å²) in [7, 11) is 0. The number of rotatable bonds is 3. The summed E-state index contributed by atoms with van der Waals surface area (Å²) < 4.78 is 2.77. The molecule has 0 aliphatic rings. The predicted molar refractivity (Wildman–Crippen MR) is 74.5 cm³/mol. The summed E-state index contributed by atoms with van der Waals surface area (Å²) >= 11 is 1.66. The number of nitrogen functional groups attached to an aromatic ring is 1. The van der Waals surface area contributed by atoms with Crippen molar-refractivity contribution in [3.05, 3.63) is 47.1 Å². The van der Waals surface area contributed by atoms with Gasteiger partial charge in [0.2, 0.25) is 0 Å². The third-order valence-electron chi connectivity index (χ3n) is 2.89. The van der Waals surface area contributed by atoms with Gasteiger partial charge in [-0.2, -0.15) is 5.10 Å². The molecule has 1 aromatic carbocycles. The first-order valence-electron chi connectivity index (χ1n) is 5.66. The lowest BCUT2D eigenvalue weighted by Crippen LogP contribution is -2.04. The summed E-state index contributed by atoms with van der Waals surface area (Å²) in [5.74, 6) is -1.11. The van der Waals surface area contributed by atoms with Gasteiger partial charge in [0.1, 0.15) is 0 Å². The normalized spacial score (nSPS) is 10.9. The zero-order chi connectivity index (χ0) is 13.4. The van der Waals surface area contributed by atoms with Crippen LogP contribution < -0.4 is 5.73 Å². The molecule has 0 amide bonds. The van der Waals surface area contributed by atoms with Crippen LogP contribution in [0.4, 0.5) is 5.69 Å². The molecule has 2 aromatic heterocycles. The molecule has 19 heavy (non-hydrogen) atoms. The van der Waals surface area contributed by atoms with E-state index in [1.807, 2.05) is 18.2 Å². The second kappa shape index (κ2) is 4.40. The lowest BCUT2D eigenvalue weighted by atomic mass is 10.2. The van der Waals surface area contributed by atoms with Crippen LogP contribution in [0.25, 0.3) is 10.1 Å². The molecule has 0 aliphatic heterocycles. The smallest absolute Gasteiger partial charge is 0.358 e. The second-order valence-electron chi connectivity index (χ2n) is 4.19. The van der Waals surface area contributed by atoms with Crippen molar-refractivity contribution in [3.63, 3.8) is 0 Å². The van der Waals surface area contributed by atoms with Crippen molar-refractivity contribution < 1.29 is 9.90 Å². The summed E-state index contributed by atoms with van der Waals surface area (Å²) in [5.41, 5.74) is 6.82. The quantitative estimate of drug-likeness (QED) is 0.768. The molecular weight excluding hydrogens is 262 g/mol. The van der Waals surface area contributed by atoms with Crippen LogP contribution in [0.1, 0.15) is 16.1 Å². The Hall–Kier alpha value is -2.34. The van der Waals surface area contributed by atoms with Gasteiger partial charge in [0.25, 0.3) is 0 Å². The second-order valence-corrected chi connectivity index (χ2v) is 5.10. The molecule has 0 bridgehead atoms. The molecule has 96 valence electrons. The zero-order valence-electron chi connectivity index (χ0n) is 9.91. The van der Waals surface area contributed by atoms with Crippen LogP contribution in [0, 0.1) is 0 Å². The SMILES string of the molecule is Nc1cn(Cc2csc3ccccc23)nc1C(=O)O. The number of nitrogens with two attached hydrogens (primary N) is 1. The molecule has 3 rings (SSSR count). The number of aromatic carboxylic acids is 1. The average Bonchev–Trinajstić information content (AvgIpc) is 2.95. The fourth-order valence-corrected chi connectivity index (χ4v) is 2.97. The summed E-state index contributed by atoms with van der Waals surface area (Å²) in [6.45, 7) is 0.515. The van der Waals surface area contributed by atoms with Gasteiger partial charge in [0.05, 0.1) is 12.2 Å². The number of carboxylic acids is 1. The maximum atomic E-state index is 10.9. The van der Waals surface area contributed by atoms with Crippen molar-refractivity contribution in [2.75, 3.05) is 5.73 Å². The number of carboxylic acid groups (broad SMARTS) is 1. The first-order valence-corrected chi connectivity index (χ1v) is 6.54. The largest absolute Gasteiger partial charge is 0.476 e.